The van der Waals surface area contributed by atoms with Gasteiger partial charge in [-0.15, -0.1) is 0 Å². The van der Waals surface area contributed by atoms with Crippen molar-refractivity contribution in [2.75, 3.05) is 31.7 Å². The molecule has 0 fully saturated rings. The van der Waals surface area contributed by atoms with Crippen LogP contribution in [0.2, 0.25) is 0 Å². The highest BCUT2D eigenvalue weighted by molar-refractivity contribution is 7.85. The van der Waals surface area contributed by atoms with Gasteiger partial charge in [0.1, 0.15) is 0 Å². The molecule has 0 aromatic carbocycles. The highest BCUT2D eigenvalue weighted by atomic mass is 32.2. The number of nitrogens with one attached hydrogen (secondary N) is 1. The standard InChI is InChI=1S/C9H20NO7PS/c1-3-16-18(12,17-4-2)7-6-10-9(11)5-8-19(13,14)15/h3-8H2,1-2H3,(H,10,11)(H,13,14,15). The lowest BCUT2D eigenvalue weighted by atomic mass is 10.4. The van der Waals surface area contributed by atoms with Gasteiger partial charge in [0, 0.05) is 13.0 Å². The van der Waals surface area contributed by atoms with E-state index < -0.39 is 29.4 Å². The zero-order valence-electron chi connectivity index (χ0n) is 11.0. The van der Waals surface area contributed by atoms with Crippen molar-refractivity contribution in [3.63, 3.8) is 0 Å². The summed E-state index contributed by atoms with van der Waals surface area (Å²) >= 11 is 0. The average molecular weight is 317 g/mol. The smallest absolute Gasteiger partial charge is 0.332 e. The van der Waals surface area contributed by atoms with E-state index in [-0.39, 0.29) is 32.3 Å². The Hall–Kier alpha value is -0.470. The molecular weight excluding hydrogens is 297 g/mol. The van der Waals surface area contributed by atoms with Crippen molar-refractivity contribution >= 4 is 23.6 Å². The highest BCUT2D eigenvalue weighted by Crippen LogP contribution is 2.47. The van der Waals surface area contributed by atoms with E-state index in [1.54, 1.807) is 13.8 Å². The molecule has 0 aromatic rings. The van der Waals surface area contributed by atoms with Crippen LogP contribution in [0.4, 0.5) is 0 Å². The normalized spacial score (nSPS) is 12.4. The number of carbonyl (C=O) groups excluding carboxylic acids is 1. The van der Waals surface area contributed by atoms with Crippen LogP contribution in [0.3, 0.4) is 0 Å². The van der Waals surface area contributed by atoms with E-state index >= 15 is 0 Å². The van der Waals surface area contributed by atoms with Crippen LogP contribution in [0.25, 0.3) is 0 Å². The molecular formula is C9H20NO7PS. The minimum absolute atomic E-state index is 0.00625. The van der Waals surface area contributed by atoms with E-state index in [0.717, 1.165) is 0 Å². The second kappa shape index (κ2) is 8.65. The van der Waals surface area contributed by atoms with Crippen LogP contribution < -0.4 is 5.32 Å². The fourth-order valence-corrected chi connectivity index (χ4v) is 3.15. The lowest BCUT2D eigenvalue weighted by Gasteiger charge is -2.16. The lowest BCUT2D eigenvalue weighted by Crippen LogP contribution is -2.28. The van der Waals surface area contributed by atoms with Crippen LogP contribution in [0.15, 0.2) is 0 Å². The first-order valence-corrected chi connectivity index (χ1v) is 9.16. The molecule has 0 aliphatic rings. The summed E-state index contributed by atoms with van der Waals surface area (Å²) in [6, 6.07) is 0. The van der Waals surface area contributed by atoms with Gasteiger partial charge < -0.3 is 14.4 Å². The fourth-order valence-electron chi connectivity index (χ4n) is 1.20. The van der Waals surface area contributed by atoms with Gasteiger partial charge in [0.05, 0.1) is 25.1 Å². The predicted molar refractivity (Wildman–Crippen MR) is 69.8 cm³/mol. The monoisotopic (exact) mass is 317 g/mol. The molecule has 19 heavy (non-hydrogen) atoms. The Bertz CT molecular complexity index is 412. The minimum atomic E-state index is -4.15. The summed E-state index contributed by atoms with van der Waals surface area (Å²) in [5.74, 6) is -1.20. The van der Waals surface area contributed by atoms with E-state index in [4.69, 9.17) is 13.6 Å². The van der Waals surface area contributed by atoms with Gasteiger partial charge in [0.15, 0.2) is 0 Å². The molecule has 10 heteroatoms. The molecule has 0 saturated heterocycles. The Morgan fingerprint density at radius 3 is 2.21 bits per heavy atom. The molecule has 2 N–H and O–H groups in total. The molecule has 0 saturated carbocycles. The first kappa shape index (κ1) is 18.5. The second-order valence-corrected chi connectivity index (χ2v) is 7.31. The van der Waals surface area contributed by atoms with Gasteiger partial charge in [-0.2, -0.15) is 8.42 Å². The molecule has 8 nitrogen and oxygen atoms in total. The van der Waals surface area contributed by atoms with Crippen molar-refractivity contribution in [1.29, 1.82) is 0 Å². The quantitative estimate of drug-likeness (QED) is 0.448. The molecule has 0 rings (SSSR count). The molecule has 0 bridgehead atoms. The van der Waals surface area contributed by atoms with Gasteiger partial charge in [-0.25, -0.2) is 0 Å². The lowest BCUT2D eigenvalue weighted by molar-refractivity contribution is -0.120. The molecule has 0 aliphatic heterocycles. The van der Waals surface area contributed by atoms with Crippen molar-refractivity contribution in [3.8, 4) is 0 Å². The van der Waals surface area contributed by atoms with Gasteiger partial charge in [0.2, 0.25) is 5.91 Å². The van der Waals surface area contributed by atoms with Crippen LogP contribution in [-0.4, -0.2) is 50.6 Å². The highest BCUT2D eigenvalue weighted by Gasteiger charge is 2.23. The van der Waals surface area contributed by atoms with Gasteiger partial charge in [0.25, 0.3) is 10.1 Å². The van der Waals surface area contributed by atoms with Crippen molar-refractivity contribution in [3.05, 3.63) is 0 Å². The van der Waals surface area contributed by atoms with Gasteiger partial charge >= 0.3 is 7.60 Å². The predicted octanol–water partition coefficient (Wildman–Crippen LogP) is 0.647. The summed E-state index contributed by atoms with van der Waals surface area (Å²) in [5, 5.41) is 2.38. The molecule has 0 atom stereocenters. The third-order valence-electron chi connectivity index (χ3n) is 1.95. The average Bonchev–Trinajstić information content (AvgIpc) is 2.26. The molecule has 0 radical (unpaired) electrons. The first-order chi connectivity index (χ1) is 8.72. The zero-order chi connectivity index (χ0) is 14.9. The summed E-state index contributed by atoms with van der Waals surface area (Å²) in [6.45, 7) is 3.86. The Labute approximate surface area is 113 Å². The second-order valence-electron chi connectivity index (χ2n) is 3.56. The van der Waals surface area contributed by atoms with E-state index in [9.17, 15) is 17.8 Å². The molecule has 0 unspecified atom stereocenters. The SMILES string of the molecule is CCOP(=O)(CCNC(=O)CCS(=O)(=O)O)OCC. The number of amides is 1. The summed E-state index contributed by atoms with van der Waals surface area (Å²) in [6.07, 6.45) is -0.349. The maximum absolute atomic E-state index is 12.0. The molecule has 114 valence electrons. The molecule has 0 heterocycles. The Kier molecular flexibility index (Phi) is 8.44. The van der Waals surface area contributed by atoms with Gasteiger partial charge in [-0.1, -0.05) is 0 Å². The van der Waals surface area contributed by atoms with E-state index in [0.29, 0.717) is 0 Å². The van der Waals surface area contributed by atoms with Crippen LogP contribution in [-0.2, 0) is 28.5 Å². The maximum Gasteiger partial charge on any atom is 0.332 e. The zero-order valence-corrected chi connectivity index (χ0v) is 12.7. The Morgan fingerprint density at radius 1 is 1.26 bits per heavy atom. The van der Waals surface area contributed by atoms with Gasteiger partial charge in [-0.3, -0.25) is 13.9 Å². The summed E-state index contributed by atoms with van der Waals surface area (Å²) < 4.78 is 51.3. The van der Waals surface area contributed by atoms with Crippen molar-refractivity contribution < 1.29 is 31.4 Å². The van der Waals surface area contributed by atoms with Crippen molar-refractivity contribution in [1.82, 2.24) is 5.32 Å². The van der Waals surface area contributed by atoms with E-state index in [2.05, 4.69) is 5.32 Å². The Balaban J connectivity index is 4.06. The maximum atomic E-state index is 12.0. The van der Waals surface area contributed by atoms with E-state index in [1.165, 1.54) is 0 Å². The summed E-state index contributed by atoms with van der Waals surface area (Å²) in [7, 11) is -7.36. The van der Waals surface area contributed by atoms with E-state index in [1.807, 2.05) is 0 Å². The fraction of sp³-hybridized carbons (Fsp3) is 0.889. The number of carbonyl (C=O) groups is 1. The molecule has 0 aliphatic carbocycles. The molecule has 0 aromatic heterocycles. The summed E-state index contributed by atoms with van der Waals surface area (Å²) in [5.41, 5.74) is 0. The Morgan fingerprint density at radius 2 is 1.79 bits per heavy atom. The topological polar surface area (TPSA) is 119 Å². The molecule has 1 amide bonds. The van der Waals surface area contributed by atoms with Gasteiger partial charge in [-0.05, 0) is 13.8 Å². The summed E-state index contributed by atoms with van der Waals surface area (Å²) in [4.78, 5) is 11.2. The van der Waals surface area contributed by atoms with Crippen LogP contribution >= 0.6 is 7.60 Å². The minimum Gasteiger partial charge on any atom is -0.355 e. The largest absolute Gasteiger partial charge is 0.355 e. The van der Waals surface area contributed by atoms with Crippen molar-refractivity contribution in [2.24, 2.45) is 0 Å². The van der Waals surface area contributed by atoms with Crippen LogP contribution in [0.1, 0.15) is 20.3 Å². The van der Waals surface area contributed by atoms with Crippen LogP contribution in [0.5, 0.6) is 0 Å². The molecule has 0 spiro atoms. The number of hydrogen-bond acceptors (Lipinski definition) is 6. The third kappa shape index (κ3) is 10.0. The number of hydrogen-bond donors (Lipinski definition) is 2. The van der Waals surface area contributed by atoms with Crippen LogP contribution in [0, 0.1) is 0 Å². The van der Waals surface area contributed by atoms with Crippen molar-refractivity contribution in [2.45, 2.75) is 20.3 Å². The first-order valence-electron chi connectivity index (χ1n) is 5.82. The third-order valence-corrected chi connectivity index (χ3v) is 4.74. The number of rotatable bonds is 10.